The number of nitrogens with zero attached hydrogens (tertiary/aromatic N) is 3. The maximum Gasteiger partial charge on any atom is 0.260 e. The predicted octanol–water partition coefficient (Wildman–Crippen LogP) is 6.69. The number of carbonyl (C=O) groups is 2. The minimum Gasteiger partial charge on any atom is -0.368 e. The van der Waals surface area contributed by atoms with Crippen LogP contribution in [0.2, 0.25) is 0 Å². The predicted molar refractivity (Wildman–Crippen MR) is 169 cm³/mol. The summed E-state index contributed by atoms with van der Waals surface area (Å²) in [6.07, 6.45) is 6.67. The monoisotopic (exact) mass is 565 g/mol. The standard InChI is InChI=1S/C35H39N3O2S/c1-25-12-13-26(2)29(22-25)24-38-31-10-6-7-11-32(31)41-33(35(38)40)23-27-14-16-28(17-15-27)34(39)37-20-18-36(19-21-37)30-8-4-3-5-9-30/h3-5,8-9,12-17,22-23,31-32H,6-7,10-11,18-21,24H2,1-2H3/b33-23-. The lowest BCUT2D eigenvalue weighted by Crippen LogP contribution is -2.50. The smallest absolute Gasteiger partial charge is 0.260 e. The van der Waals surface area contributed by atoms with Gasteiger partial charge < -0.3 is 14.7 Å². The Kier molecular flexibility index (Phi) is 8.20. The quantitative estimate of drug-likeness (QED) is 0.323. The zero-order chi connectivity index (χ0) is 28.3. The van der Waals surface area contributed by atoms with E-state index in [9.17, 15) is 9.59 Å². The first-order chi connectivity index (χ1) is 20.0. The Bertz CT molecular complexity index is 1430. The van der Waals surface area contributed by atoms with Gasteiger partial charge in [-0.3, -0.25) is 9.59 Å². The van der Waals surface area contributed by atoms with Gasteiger partial charge >= 0.3 is 0 Å². The molecule has 6 heteroatoms. The van der Waals surface area contributed by atoms with Crippen LogP contribution in [0.3, 0.4) is 0 Å². The molecule has 0 spiro atoms. The number of amides is 2. The van der Waals surface area contributed by atoms with E-state index in [-0.39, 0.29) is 11.8 Å². The average Bonchev–Trinajstić information content (AvgIpc) is 3.01. The number of carbonyl (C=O) groups excluding carboxylic acids is 2. The van der Waals surface area contributed by atoms with Crippen molar-refractivity contribution in [2.24, 2.45) is 0 Å². The van der Waals surface area contributed by atoms with Gasteiger partial charge in [0.1, 0.15) is 0 Å². The Balaban J connectivity index is 1.15. The van der Waals surface area contributed by atoms with Crippen molar-refractivity contribution in [3.8, 4) is 0 Å². The molecule has 2 amide bonds. The molecule has 2 unspecified atom stereocenters. The van der Waals surface area contributed by atoms with E-state index in [1.807, 2.05) is 41.3 Å². The van der Waals surface area contributed by atoms with Crippen LogP contribution in [0.25, 0.3) is 6.08 Å². The van der Waals surface area contributed by atoms with Crippen LogP contribution in [0.5, 0.6) is 0 Å². The van der Waals surface area contributed by atoms with Crippen molar-refractivity contribution in [3.63, 3.8) is 0 Å². The summed E-state index contributed by atoms with van der Waals surface area (Å²) in [4.78, 5) is 34.3. The van der Waals surface area contributed by atoms with Gasteiger partial charge in [0.05, 0.1) is 4.91 Å². The lowest BCUT2D eigenvalue weighted by molar-refractivity contribution is -0.130. The summed E-state index contributed by atoms with van der Waals surface area (Å²) < 4.78 is 0. The Hall–Kier alpha value is -3.51. The number of benzene rings is 3. The van der Waals surface area contributed by atoms with Crippen LogP contribution >= 0.6 is 11.8 Å². The number of rotatable bonds is 5. The van der Waals surface area contributed by atoms with Crippen LogP contribution in [0.15, 0.2) is 77.7 Å². The molecular formula is C35H39N3O2S. The van der Waals surface area contributed by atoms with Gasteiger partial charge in [0, 0.05) is 55.3 Å². The molecule has 3 aromatic carbocycles. The fourth-order valence-corrected chi connectivity index (χ4v) is 7.85. The van der Waals surface area contributed by atoms with Crippen molar-refractivity contribution in [2.45, 2.75) is 57.4 Å². The Morgan fingerprint density at radius 3 is 2.39 bits per heavy atom. The van der Waals surface area contributed by atoms with Crippen LogP contribution in [0.4, 0.5) is 5.69 Å². The molecule has 2 atom stereocenters. The average molecular weight is 566 g/mol. The molecule has 0 radical (unpaired) electrons. The molecule has 3 aromatic rings. The molecule has 3 aliphatic rings. The number of thioether (sulfide) groups is 1. The van der Waals surface area contributed by atoms with E-state index in [0.29, 0.717) is 36.5 Å². The van der Waals surface area contributed by atoms with Gasteiger partial charge in [-0.15, -0.1) is 11.8 Å². The highest BCUT2D eigenvalue weighted by Crippen LogP contribution is 2.43. The minimum atomic E-state index is 0.0739. The van der Waals surface area contributed by atoms with E-state index in [1.54, 1.807) is 11.8 Å². The minimum absolute atomic E-state index is 0.0739. The zero-order valence-corrected chi connectivity index (χ0v) is 24.9. The first-order valence-electron chi connectivity index (χ1n) is 14.9. The number of aryl methyl sites for hydroxylation is 2. The zero-order valence-electron chi connectivity index (χ0n) is 24.1. The van der Waals surface area contributed by atoms with Gasteiger partial charge in [-0.05, 0) is 73.7 Å². The number of anilines is 1. The number of hydrogen-bond donors (Lipinski definition) is 0. The molecule has 0 N–H and O–H groups in total. The molecule has 0 aromatic heterocycles. The van der Waals surface area contributed by atoms with E-state index >= 15 is 0 Å². The highest BCUT2D eigenvalue weighted by atomic mass is 32.2. The van der Waals surface area contributed by atoms with Crippen LogP contribution < -0.4 is 4.90 Å². The molecule has 2 aliphatic heterocycles. The van der Waals surface area contributed by atoms with Gasteiger partial charge in [-0.1, -0.05) is 66.9 Å². The van der Waals surface area contributed by atoms with Gasteiger partial charge in [0.15, 0.2) is 0 Å². The molecule has 41 heavy (non-hydrogen) atoms. The van der Waals surface area contributed by atoms with Gasteiger partial charge in [0.2, 0.25) is 0 Å². The second-order valence-electron chi connectivity index (χ2n) is 11.6. The Morgan fingerprint density at radius 2 is 1.63 bits per heavy atom. The molecule has 1 aliphatic carbocycles. The molecule has 6 rings (SSSR count). The molecule has 1 saturated carbocycles. The maximum atomic E-state index is 13.9. The molecule has 0 bridgehead atoms. The van der Waals surface area contributed by atoms with Crippen LogP contribution in [-0.4, -0.2) is 59.1 Å². The topological polar surface area (TPSA) is 43.9 Å². The van der Waals surface area contributed by atoms with Gasteiger partial charge in [-0.25, -0.2) is 0 Å². The van der Waals surface area contributed by atoms with Crippen molar-refractivity contribution in [2.75, 3.05) is 31.1 Å². The van der Waals surface area contributed by atoms with E-state index < -0.39 is 0 Å². The molecule has 212 valence electrons. The third-order valence-corrected chi connectivity index (χ3v) is 10.2. The summed E-state index contributed by atoms with van der Waals surface area (Å²) in [7, 11) is 0. The number of piperazine rings is 1. The summed E-state index contributed by atoms with van der Waals surface area (Å²) in [6.45, 7) is 8.01. The molecule has 3 fully saturated rings. The second-order valence-corrected chi connectivity index (χ2v) is 12.9. The summed E-state index contributed by atoms with van der Waals surface area (Å²) in [5.74, 6) is 0.209. The van der Waals surface area contributed by atoms with Crippen LogP contribution in [0, 0.1) is 13.8 Å². The fraction of sp³-hybridized carbons (Fsp3) is 0.371. The third-order valence-electron chi connectivity index (χ3n) is 8.81. The summed E-state index contributed by atoms with van der Waals surface area (Å²) in [5.41, 5.74) is 6.58. The van der Waals surface area contributed by atoms with Crippen molar-refractivity contribution in [1.82, 2.24) is 9.80 Å². The van der Waals surface area contributed by atoms with Crippen molar-refractivity contribution in [1.29, 1.82) is 0 Å². The normalized spacial score (nSPS) is 22.1. The van der Waals surface area contributed by atoms with E-state index in [4.69, 9.17) is 0 Å². The fourth-order valence-electron chi connectivity index (χ4n) is 6.38. The molecule has 2 heterocycles. The van der Waals surface area contributed by atoms with Crippen molar-refractivity contribution < 1.29 is 9.59 Å². The summed E-state index contributed by atoms with van der Waals surface area (Å²) >= 11 is 1.76. The SMILES string of the molecule is Cc1ccc(C)c(CN2C(=O)/C(=C/c3ccc(C(=O)N4CCN(c5ccccc5)CC4)cc3)SC3CCCCC32)c1. The summed E-state index contributed by atoms with van der Waals surface area (Å²) in [5, 5.41) is 0.438. The highest BCUT2D eigenvalue weighted by Gasteiger charge is 2.40. The number of hydrogen-bond acceptors (Lipinski definition) is 4. The summed E-state index contributed by atoms with van der Waals surface area (Å²) in [6, 6.07) is 25.0. The van der Waals surface area contributed by atoms with Crippen molar-refractivity contribution >= 4 is 35.3 Å². The number of para-hydroxylation sites is 1. The first-order valence-corrected chi connectivity index (χ1v) is 15.8. The molecule has 2 saturated heterocycles. The molecular weight excluding hydrogens is 526 g/mol. The lowest BCUT2D eigenvalue weighted by atomic mass is 9.92. The van der Waals surface area contributed by atoms with Crippen LogP contribution in [-0.2, 0) is 11.3 Å². The highest BCUT2D eigenvalue weighted by molar-refractivity contribution is 8.04. The second kappa shape index (κ2) is 12.2. The Labute approximate surface area is 248 Å². The van der Waals surface area contributed by atoms with Crippen molar-refractivity contribution in [3.05, 3.63) is 106 Å². The van der Waals surface area contributed by atoms with E-state index in [2.05, 4.69) is 66.1 Å². The van der Waals surface area contributed by atoms with E-state index in [1.165, 1.54) is 35.2 Å². The van der Waals surface area contributed by atoms with Crippen LogP contribution in [0.1, 0.15) is 58.3 Å². The maximum absolute atomic E-state index is 13.9. The lowest BCUT2D eigenvalue weighted by Gasteiger charge is -2.44. The van der Waals surface area contributed by atoms with Gasteiger partial charge in [-0.2, -0.15) is 0 Å². The largest absolute Gasteiger partial charge is 0.368 e. The van der Waals surface area contributed by atoms with Gasteiger partial charge in [0.25, 0.3) is 11.8 Å². The van der Waals surface area contributed by atoms with E-state index in [0.717, 1.165) is 36.4 Å². The Morgan fingerprint density at radius 1 is 0.902 bits per heavy atom. The number of fused-ring (bicyclic) bond motifs is 1. The molecule has 5 nitrogen and oxygen atoms in total. The first kappa shape index (κ1) is 27.6. The third kappa shape index (κ3) is 6.08.